The Morgan fingerprint density at radius 1 is 0.920 bits per heavy atom. The van der Waals surface area contributed by atoms with E-state index in [0.29, 0.717) is 47.4 Å². The number of nitrogens with one attached hydrogen (secondary N) is 1. The molecule has 1 aromatic heterocycles. The van der Waals surface area contributed by atoms with Gasteiger partial charge in [-0.05, 0) is 78.2 Å². The smallest absolute Gasteiger partial charge is 0.353 e. The molecular formula is C39H37F4N5O2. The fourth-order valence-electron chi connectivity index (χ4n) is 6.03. The monoisotopic (exact) mass is 683 g/mol. The van der Waals surface area contributed by atoms with Crippen LogP contribution in [0, 0.1) is 17.1 Å². The second kappa shape index (κ2) is 15.9. The molecule has 50 heavy (non-hydrogen) atoms. The number of hydrogen-bond donors (Lipinski definition) is 1. The molecule has 0 aliphatic heterocycles. The minimum atomic E-state index is -4.43. The zero-order valence-electron chi connectivity index (χ0n) is 27.8. The van der Waals surface area contributed by atoms with Crippen LogP contribution >= 0.6 is 0 Å². The van der Waals surface area contributed by atoms with E-state index in [1.165, 1.54) is 24.3 Å². The highest BCUT2D eigenvalue weighted by Crippen LogP contribution is 2.31. The lowest BCUT2D eigenvalue weighted by molar-refractivity contribution is -0.137. The molecule has 11 heteroatoms. The van der Waals surface area contributed by atoms with Crippen LogP contribution in [0.2, 0.25) is 0 Å². The summed E-state index contributed by atoms with van der Waals surface area (Å²) in [5.41, 5.74) is 2.08. The number of aromatic nitrogens is 2. The number of hydrogen-bond acceptors (Lipinski definition) is 5. The maximum atomic E-state index is 14.2. The summed E-state index contributed by atoms with van der Waals surface area (Å²) in [5, 5.41) is 12.8. The van der Waals surface area contributed by atoms with Gasteiger partial charge in [0.1, 0.15) is 23.8 Å². The van der Waals surface area contributed by atoms with E-state index in [1.54, 1.807) is 47.0 Å². The fraction of sp³-hybridized carbons (Fsp3) is 0.282. The van der Waals surface area contributed by atoms with Crippen LogP contribution in [-0.4, -0.2) is 46.5 Å². The summed E-state index contributed by atoms with van der Waals surface area (Å²) in [6.07, 6.45) is -3.65. The van der Waals surface area contributed by atoms with Crippen molar-refractivity contribution in [2.24, 2.45) is 0 Å². The van der Waals surface area contributed by atoms with E-state index in [2.05, 4.69) is 15.2 Å². The Bertz CT molecular complexity index is 2050. The molecule has 0 saturated heterocycles. The van der Waals surface area contributed by atoms with Gasteiger partial charge in [-0.1, -0.05) is 68.4 Å². The van der Waals surface area contributed by atoms with Crippen LogP contribution < -0.4 is 10.9 Å². The number of alkyl halides is 3. The lowest BCUT2D eigenvalue weighted by Crippen LogP contribution is -2.40. The van der Waals surface area contributed by atoms with Gasteiger partial charge >= 0.3 is 6.18 Å². The molecule has 0 bridgehead atoms. The first kappa shape index (κ1) is 36.0. The van der Waals surface area contributed by atoms with E-state index < -0.39 is 29.2 Å². The quantitative estimate of drug-likeness (QED) is 0.134. The average molecular weight is 684 g/mol. The maximum absolute atomic E-state index is 14.2. The van der Waals surface area contributed by atoms with E-state index in [4.69, 9.17) is 0 Å². The maximum Gasteiger partial charge on any atom is 0.416 e. The Morgan fingerprint density at radius 3 is 2.20 bits per heavy atom. The number of likely N-dealkylation sites (N-methyl/N-ethyl adjacent to an activating group) is 1. The molecule has 0 saturated carbocycles. The van der Waals surface area contributed by atoms with E-state index >= 15 is 0 Å². The predicted molar refractivity (Wildman–Crippen MR) is 185 cm³/mol. The van der Waals surface area contributed by atoms with Crippen molar-refractivity contribution in [1.82, 2.24) is 19.8 Å². The molecule has 4 aromatic carbocycles. The van der Waals surface area contributed by atoms with Crippen LogP contribution in [0.5, 0.6) is 0 Å². The van der Waals surface area contributed by atoms with Crippen LogP contribution in [0.15, 0.2) is 95.8 Å². The molecule has 1 N–H and O–H groups in total. The number of carbonyl (C=O) groups excluding carboxylic acids is 1. The van der Waals surface area contributed by atoms with Gasteiger partial charge in [-0.2, -0.15) is 23.4 Å². The van der Waals surface area contributed by atoms with Gasteiger partial charge in [-0.3, -0.25) is 9.59 Å². The van der Waals surface area contributed by atoms with Crippen LogP contribution in [0.3, 0.4) is 0 Å². The molecule has 258 valence electrons. The molecule has 5 rings (SSSR count). The van der Waals surface area contributed by atoms with Crippen molar-refractivity contribution < 1.29 is 22.4 Å². The molecule has 0 spiro atoms. The number of rotatable bonds is 13. The summed E-state index contributed by atoms with van der Waals surface area (Å²) in [4.78, 5) is 34.0. The molecule has 1 atom stereocenters. The van der Waals surface area contributed by atoms with E-state index in [-0.39, 0.29) is 24.3 Å². The van der Waals surface area contributed by atoms with Crippen molar-refractivity contribution in [3.63, 3.8) is 0 Å². The first-order chi connectivity index (χ1) is 24.0. The van der Waals surface area contributed by atoms with Crippen molar-refractivity contribution in [3.8, 4) is 17.2 Å². The SMILES string of the molecule is CCN(CC)CCNC(=O)C(Cc1ccc(-c2ccc(C(F)(F)F)cc2)cc1)n1c(CCc2ccc(F)c(C#N)c2)nc(=O)c2ccccc21. The third-order valence-corrected chi connectivity index (χ3v) is 8.86. The number of halogens is 4. The highest BCUT2D eigenvalue weighted by atomic mass is 19.4. The summed E-state index contributed by atoms with van der Waals surface area (Å²) in [6, 6.07) is 24.5. The first-order valence-corrected chi connectivity index (χ1v) is 16.5. The Morgan fingerprint density at radius 2 is 1.56 bits per heavy atom. The van der Waals surface area contributed by atoms with Gasteiger partial charge in [0.15, 0.2) is 0 Å². The lowest BCUT2D eigenvalue weighted by atomic mass is 9.98. The molecule has 0 radical (unpaired) electrons. The standard InChI is InChI=1S/C39H37F4N5O2/c1-3-47(4-2)22-21-45-38(50)35(24-27-9-13-28(14-10-27)29-15-17-31(18-16-29)39(41,42)43)48-34-8-6-5-7-32(34)37(49)46-36(48)20-12-26-11-19-33(40)30(23-26)25-44/h5-11,13-19,23,35H,3-4,12,20-22,24H2,1-2H3,(H,45,50). The zero-order chi connectivity index (χ0) is 35.8. The topological polar surface area (TPSA) is 91.0 Å². The van der Waals surface area contributed by atoms with E-state index in [0.717, 1.165) is 36.3 Å². The third-order valence-electron chi connectivity index (χ3n) is 8.86. The first-order valence-electron chi connectivity index (χ1n) is 16.5. The number of aryl methyl sites for hydroxylation is 2. The van der Waals surface area contributed by atoms with Crippen LogP contribution in [0.1, 0.15) is 48.0 Å². The van der Waals surface area contributed by atoms with Crippen molar-refractivity contribution in [2.75, 3.05) is 26.2 Å². The second-order valence-electron chi connectivity index (χ2n) is 12.0. The number of amides is 1. The van der Waals surface area contributed by atoms with Crippen molar-refractivity contribution in [2.45, 2.75) is 45.3 Å². The van der Waals surface area contributed by atoms with Crippen molar-refractivity contribution in [3.05, 3.63) is 135 Å². The Labute approximate surface area is 287 Å². The summed E-state index contributed by atoms with van der Waals surface area (Å²) in [6.45, 7) is 6.81. The van der Waals surface area contributed by atoms with Gasteiger partial charge in [-0.15, -0.1) is 0 Å². The summed E-state index contributed by atoms with van der Waals surface area (Å²) < 4.78 is 55.1. The number of benzene rings is 4. The molecule has 0 aliphatic carbocycles. The van der Waals surface area contributed by atoms with Crippen molar-refractivity contribution >= 4 is 16.8 Å². The van der Waals surface area contributed by atoms with Gasteiger partial charge in [0.25, 0.3) is 5.56 Å². The highest BCUT2D eigenvalue weighted by molar-refractivity contribution is 5.85. The molecule has 0 aliphatic rings. The number of fused-ring (bicyclic) bond motifs is 1. The normalized spacial score (nSPS) is 12.2. The number of para-hydroxylation sites is 1. The second-order valence-corrected chi connectivity index (χ2v) is 12.0. The molecule has 0 fully saturated rings. The molecule has 7 nitrogen and oxygen atoms in total. The van der Waals surface area contributed by atoms with Crippen LogP contribution in [-0.2, 0) is 30.2 Å². The van der Waals surface area contributed by atoms with E-state index in [1.807, 2.05) is 32.0 Å². The highest BCUT2D eigenvalue weighted by Gasteiger charge is 2.30. The van der Waals surface area contributed by atoms with Crippen LogP contribution in [0.4, 0.5) is 17.6 Å². The summed E-state index contributed by atoms with van der Waals surface area (Å²) in [5.74, 6) is -0.529. The van der Waals surface area contributed by atoms with Gasteiger partial charge in [0.2, 0.25) is 5.91 Å². The van der Waals surface area contributed by atoms with Gasteiger partial charge < -0.3 is 14.8 Å². The molecular weight excluding hydrogens is 646 g/mol. The average Bonchev–Trinajstić information content (AvgIpc) is 3.12. The van der Waals surface area contributed by atoms with Gasteiger partial charge in [-0.25, -0.2) is 4.39 Å². The van der Waals surface area contributed by atoms with Gasteiger partial charge in [0, 0.05) is 25.9 Å². The van der Waals surface area contributed by atoms with Crippen LogP contribution in [0.25, 0.3) is 22.0 Å². The molecule has 1 unspecified atom stereocenters. The lowest BCUT2D eigenvalue weighted by Gasteiger charge is -2.26. The summed E-state index contributed by atoms with van der Waals surface area (Å²) in [7, 11) is 0. The van der Waals surface area contributed by atoms with Gasteiger partial charge in [0.05, 0.1) is 22.0 Å². The minimum absolute atomic E-state index is 0.0865. The largest absolute Gasteiger partial charge is 0.416 e. The van der Waals surface area contributed by atoms with E-state index in [9.17, 15) is 32.4 Å². The number of nitriles is 1. The number of nitrogens with zero attached hydrogens (tertiary/aromatic N) is 4. The Balaban J connectivity index is 1.52. The number of carbonyl (C=O) groups is 1. The Kier molecular flexibility index (Phi) is 11.4. The molecule has 1 amide bonds. The summed E-state index contributed by atoms with van der Waals surface area (Å²) >= 11 is 0. The zero-order valence-corrected chi connectivity index (χ0v) is 27.8. The predicted octanol–water partition coefficient (Wildman–Crippen LogP) is 7.12. The molecule has 5 aromatic rings. The molecule has 1 heterocycles. The fourth-order valence-corrected chi connectivity index (χ4v) is 6.03. The third kappa shape index (κ3) is 8.44. The minimum Gasteiger partial charge on any atom is -0.353 e. The Hall–Kier alpha value is -5.34. The van der Waals surface area contributed by atoms with Crippen molar-refractivity contribution in [1.29, 1.82) is 5.26 Å².